The molecule has 98 valence electrons. The Hall–Kier alpha value is -1.62. The summed E-state index contributed by atoms with van der Waals surface area (Å²) < 4.78 is 0. The molecule has 0 bridgehead atoms. The van der Waals surface area contributed by atoms with Gasteiger partial charge in [-0.3, -0.25) is 15.6 Å². The first-order valence-electron chi connectivity index (χ1n) is 6.24. The molecular formula is C13H20N4O. The molecule has 2 rings (SSSR count). The third kappa shape index (κ3) is 2.79. The molecule has 5 heteroatoms. The number of hydrogen-bond acceptors (Lipinski definition) is 4. The van der Waals surface area contributed by atoms with Crippen LogP contribution >= 0.6 is 0 Å². The fourth-order valence-electron chi connectivity index (χ4n) is 2.40. The lowest BCUT2D eigenvalue weighted by Gasteiger charge is -2.37. The highest BCUT2D eigenvalue weighted by molar-refractivity contribution is 5.93. The Kier molecular flexibility index (Phi) is 3.52. The van der Waals surface area contributed by atoms with Crippen LogP contribution in [0.25, 0.3) is 0 Å². The number of nitrogen functional groups attached to an aromatic ring is 1. The second kappa shape index (κ2) is 4.94. The Balaban J connectivity index is 2.15. The minimum absolute atomic E-state index is 0.0140. The molecule has 0 atom stereocenters. The Morgan fingerprint density at radius 1 is 1.56 bits per heavy atom. The Labute approximate surface area is 107 Å². The molecule has 0 saturated carbocycles. The third-order valence-corrected chi connectivity index (χ3v) is 3.33. The van der Waals surface area contributed by atoms with E-state index in [2.05, 4.69) is 24.3 Å². The topological polar surface area (TPSA) is 71.2 Å². The van der Waals surface area contributed by atoms with E-state index in [1.165, 1.54) is 0 Å². The summed E-state index contributed by atoms with van der Waals surface area (Å²) in [5.74, 6) is 5.32. The molecule has 0 spiro atoms. The summed E-state index contributed by atoms with van der Waals surface area (Å²) in [6.07, 6.45) is 3.81. The minimum Gasteiger partial charge on any atom is -0.337 e. The van der Waals surface area contributed by atoms with E-state index in [4.69, 9.17) is 5.84 Å². The molecule has 1 amide bonds. The summed E-state index contributed by atoms with van der Waals surface area (Å²) in [6.45, 7) is 5.98. The number of pyridine rings is 1. The van der Waals surface area contributed by atoms with Crippen LogP contribution in [0, 0.1) is 5.41 Å². The van der Waals surface area contributed by atoms with Crippen molar-refractivity contribution in [3.8, 4) is 0 Å². The van der Waals surface area contributed by atoms with Crippen LogP contribution in [0.1, 0.15) is 37.2 Å². The molecule has 0 aromatic carbocycles. The number of likely N-dealkylation sites (tertiary alicyclic amines) is 1. The fourth-order valence-corrected chi connectivity index (χ4v) is 2.40. The number of aromatic nitrogens is 1. The molecule has 1 aliphatic rings. The van der Waals surface area contributed by atoms with Crippen LogP contribution < -0.4 is 11.3 Å². The van der Waals surface area contributed by atoms with E-state index in [0.717, 1.165) is 25.9 Å². The first-order chi connectivity index (χ1) is 8.52. The van der Waals surface area contributed by atoms with Crippen molar-refractivity contribution < 1.29 is 4.79 Å². The molecular weight excluding hydrogens is 228 g/mol. The maximum absolute atomic E-state index is 12.4. The van der Waals surface area contributed by atoms with Gasteiger partial charge in [-0.2, -0.15) is 0 Å². The highest BCUT2D eigenvalue weighted by Crippen LogP contribution is 2.29. The molecule has 1 aromatic heterocycles. The molecule has 0 radical (unpaired) electrons. The molecule has 0 aliphatic carbocycles. The van der Waals surface area contributed by atoms with Crippen LogP contribution in [0.3, 0.4) is 0 Å². The van der Waals surface area contributed by atoms with Gasteiger partial charge in [0.1, 0.15) is 5.69 Å². The van der Waals surface area contributed by atoms with Gasteiger partial charge in [0.2, 0.25) is 0 Å². The summed E-state index contributed by atoms with van der Waals surface area (Å²) in [6, 6.07) is 3.42. The number of rotatable bonds is 2. The van der Waals surface area contributed by atoms with Crippen molar-refractivity contribution in [1.82, 2.24) is 9.88 Å². The van der Waals surface area contributed by atoms with Crippen molar-refractivity contribution in [2.45, 2.75) is 26.7 Å². The van der Waals surface area contributed by atoms with E-state index in [-0.39, 0.29) is 11.3 Å². The smallest absolute Gasteiger partial charge is 0.272 e. The minimum atomic E-state index is -0.0140. The number of carbonyl (C=O) groups is 1. The van der Waals surface area contributed by atoms with Gasteiger partial charge < -0.3 is 10.3 Å². The van der Waals surface area contributed by atoms with Gasteiger partial charge in [-0.15, -0.1) is 0 Å². The van der Waals surface area contributed by atoms with Crippen LogP contribution in [0.5, 0.6) is 0 Å². The molecule has 1 saturated heterocycles. The van der Waals surface area contributed by atoms with Gasteiger partial charge in [0, 0.05) is 19.3 Å². The number of hydrogen-bond donors (Lipinski definition) is 2. The lowest BCUT2D eigenvalue weighted by atomic mass is 9.84. The van der Waals surface area contributed by atoms with E-state index in [0.29, 0.717) is 11.4 Å². The number of nitrogens with zero attached hydrogens (tertiary/aromatic N) is 2. The molecule has 2 heterocycles. The van der Waals surface area contributed by atoms with Gasteiger partial charge in [-0.05, 0) is 30.4 Å². The van der Waals surface area contributed by atoms with Crippen LogP contribution in [-0.4, -0.2) is 28.9 Å². The SMILES string of the molecule is CC1(C)CCCN(C(=O)c2cc(NN)ccn2)C1. The largest absolute Gasteiger partial charge is 0.337 e. The molecule has 18 heavy (non-hydrogen) atoms. The summed E-state index contributed by atoms with van der Waals surface area (Å²) in [5.41, 5.74) is 3.87. The number of nitrogens with one attached hydrogen (secondary N) is 1. The summed E-state index contributed by atoms with van der Waals surface area (Å²) in [5, 5.41) is 0. The molecule has 1 aromatic rings. The standard InChI is InChI=1S/C13H20N4O/c1-13(2)5-3-7-17(9-13)12(18)11-8-10(16-14)4-6-15-11/h4,6,8H,3,5,7,9,14H2,1-2H3,(H,15,16). The highest BCUT2D eigenvalue weighted by atomic mass is 16.2. The average molecular weight is 248 g/mol. The maximum Gasteiger partial charge on any atom is 0.272 e. The normalized spacial score (nSPS) is 18.5. The zero-order valence-electron chi connectivity index (χ0n) is 10.9. The van der Waals surface area contributed by atoms with E-state index in [1.54, 1.807) is 18.3 Å². The van der Waals surface area contributed by atoms with Crippen molar-refractivity contribution in [3.05, 3.63) is 24.0 Å². The number of carbonyl (C=O) groups excluding carboxylic acids is 1. The van der Waals surface area contributed by atoms with Crippen molar-refractivity contribution in [2.24, 2.45) is 11.3 Å². The molecule has 5 nitrogen and oxygen atoms in total. The van der Waals surface area contributed by atoms with Crippen molar-refractivity contribution in [2.75, 3.05) is 18.5 Å². The quantitative estimate of drug-likeness (QED) is 0.616. The number of amides is 1. The van der Waals surface area contributed by atoms with Gasteiger partial charge in [0.05, 0.1) is 5.69 Å². The second-order valence-corrected chi connectivity index (χ2v) is 5.57. The van der Waals surface area contributed by atoms with Gasteiger partial charge in [0.15, 0.2) is 0 Å². The summed E-state index contributed by atoms with van der Waals surface area (Å²) >= 11 is 0. The van der Waals surface area contributed by atoms with Crippen molar-refractivity contribution in [1.29, 1.82) is 0 Å². The number of anilines is 1. The number of piperidine rings is 1. The van der Waals surface area contributed by atoms with Crippen LogP contribution in [0.2, 0.25) is 0 Å². The monoisotopic (exact) mass is 248 g/mol. The predicted molar refractivity (Wildman–Crippen MR) is 71.0 cm³/mol. The molecule has 3 N–H and O–H groups in total. The summed E-state index contributed by atoms with van der Waals surface area (Å²) in [7, 11) is 0. The first-order valence-corrected chi connectivity index (χ1v) is 6.24. The lowest BCUT2D eigenvalue weighted by molar-refractivity contribution is 0.0577. The van der Waals surface area contributed by atoms with Crippen LogP contribution in [0.15, 0.2) is 18.3 Å². The number of hydrazine groups is 1. The summed E-state index contributed by atoms with van der Waals surface area (Å²) in [4.78, 5) is 18.4. The molecule has 1 fully saturated rings. The van der Waals surface area contributed by atoms with Crippen molar-refractivity contribution in [3.63, 3.8) is 0 Å². The zero-order chi connectivity index (χ0) is 13.2. The van der Waals surface area contributed by atoms with E-state index < -0.39 is 0 Å². The second-order valence-electron chi connectivity index (χ2n) is 5.57. The lowest BCUT2D eigenvalue weighted by Crippen LogP contribution is -2.43. The Morgan fingerprint density at radius 3 is 3.00 bits per heavy atom. The van der Waals surface area contributed by atoms with Gasteiger partial charge in [-0.25, -0.2) is 0 Å². The predicted octanol–water partition coefficient (Wildman–Crippen LogP) is 1.63. The maximum atomic E-state index is 12.4. The van der Waals surface area contributed by atoms with Crippen molar-refractivity contribution >= 4 is 11.6 Å². The highest BCUT2D eigenvalue weighted by Gasteiger charge is 2.30. The zero-order valence-corrected chi connectivity index (χ0v) is 10.9. The first kappa shape index (κ1) is 12.8. The van der Waals surface area contributed by atoms with Gasteiger partial charge >= 0.3 is 0 Å². The van der Waals surface area contributed by atoms with Gasteiger partial charge in [0.25, 0.3) is 5.91 Å². The third-order valence-electron chi connectivity index (χ3n) is 3.33. The van der Waals surface area contributed by atoms with E-state index in [9.17, 15) is 4.79 Å². The Morgan fingerprint density at radius 2 is 2.33 bits per heavy atom. The van der Waals surface area contributed by atoms with Crippen LogP contribution in [0.4, 0.5) is 5.69 Å². The Bertz CT molecular complexity index is 444. The fraction of sp³-hybridized carbons (Fsp3) is 0.538. The van der Waals surface area contributed by atoms with Crippen LogP contribution in [-0.2, 0) is 0 Å². The van der Waals surface area contributed by atoms with E-state index in [1.807, 2.05) is 4.90 Å². The number of nitrogens with two attached hydrogens (primary N) is 1. The average Bonchev–Trinajstić information content (AvgIpc) is 2.37. The molecule has 1 aliphatic heterocycles. The van der Waals surface area contributed by atoms with Gasteiger partial charge in [-0.1, -0.05) is 13.8 Å². The van der Waals surface area contributed by atoms with E-state index >= 15 is 0 Å². The molecule has 0 unspecified atom stereocenters.